The van der Waals surface area contributed by atoms with Gasteiger partial charge in [0.2, 0.25) is 5.89 Å². The fourth-order valence-electron chi connectivity index (χ4n) is 4.09. The topological polar surface area (TPSA) is 90.8 Å². The molecule has 4 aromatic rings. The van der Waals surface area contributed by atoms with E-state index in [9.17, 15) is 18.0 Å². The molecule has 0 radical (unpaired) electrons. The van der Waals surface area contributed by atoms with Crippen molar-refractivity contribution in [1.29, 1.82) is 0 Å². The first-order chi connectivity index (χ1) is 15.9. The number of nitrogens with zero attached hydrogens (tertiary/aromatic N) is 5. The molecule has 0 spiro atoms. The molecule has 8 nitrogen and oxygen atoms in total. The van der Waals surface area contributed by atoms with Crippen molar-refractivity contribution >= 4 is 27.0 Å². The number of rotatable bonds is 5. The van der Waals surface area contributed by atoms with Crippen LogP contribution in [0.15, 0.2) is 44.1 Å². The highest BCUT2D eigenvalue weighted by atomic mass is 79.9. The molecule has 1 aromatic carbocycles. The lowest BCUT2D eigenvalue weighted by Gasteiger charge is -2.23. The number of hydrogen-bond acceptors (Lipinski definition) is 6. The molecule has 1 saturated heterocycles. The lowest BCUT2D eigenvalue weighted by molar-refractivity contribution is 0.116. The highest BCUT2D eigenvalue weighted by molar-refractivity contribution is 9.10. The summed E-state index contributed by atoms with van der Waals surface area (Å²) < 4.78 is 48.2. The third-order valence-electron chi connectivity index (χ3n) is 5.70. The van der Waals surface area contributed by atoms with E-state index in [2.05, 4.69) is 36.4 Å². The average Bonchev–Trinajstić information content (AvgIpc) is 3.40. The molecule has 172 valence electrons. The Morgan fingerprint density at radius 1 is 1.18 bits per heavy atom. The van der Waals surface area contributed by atoms with E-state index in [1.807, 2.05) is 0 Å². The van der Waals surface area contributed by atoms with Crippen molar-refractivity contribution < 1.29 is 17.6 Å². The van der Waals surface area contributed by atoms with Crippen LogP contribution in [0.5, 0.6) is 0 Å². The maximum Gasteiger partial charge on any atom is 0.329 e. The van der Waals surface area contributed by atoms with Crippen LogP contribution >= 0.6 is 15.9 Å². The summed E-state index contributed by atoms with van der Waals surface area (Å²) in [5.74, 6) is -1.30. The van der Waals surface area contributed by atoms with Crippen molar-refractivity contribution in [3.63, 3.8) is 0 Å². The molecule has 3 aromatic heterocycles. The number of pyridine rings is 1. The van der Waals surface area contributed by atoms with E-state index in [1.54, 1.807) is 22.8 Å². The molecule has 1 aliphatic heterocycles. The highest BCUT2D eigenvalue weighted by Gasteiger charge is 2.24. The van der Waals surface area contributed by atoms with E-state index in [1.165, 1.54) is 16.8 Å². The molecule has 0 saturated carbocycles. The van der Waals surface area contributed by atoms with E-state index >= 15 is 0 Å². The first kappa shape index (κ1) is 21.8. The summed E-state index contributed by atoms with van der Waals surface area (Å²) in [6, 6.07) is 6.22. The molecule has 0 amide bonds. The Morgan fingerprint density at radius 3 is 2.64 bits per heavy atom. The third kappa shape index (κ3) is 4.08. The third-order valence-corrected chi connectivity index (χ3v) is 6.31. The SMILES string of the molecule is O=c1n(Cc2ccc(-c3nnc(C(F)F)o3)cn2)c2cc(F)c(Br)cc2n1C1CCNCC1. The Balaban J connectivity index is 1.51. The normalized spacial score (nSPS) is 15.1. The van der Waals surface area contributed by atoms with Crippen molar-refractivity contribution in [1.82, 2.24) is 29.6 Å². The fourth-order valence-corrected chi connectivity index (χ4v) is 4.42. The fraction of sp³-hybridized carbons (Fsp3) is 0.333. The Bertz CT molecular complexity index is 1360. The maximum atomic E-state index is 14.4. The van der Waals surface area contributed by atoms with Crippen LogP contribution in [0.2, 0.25) is 0 Å². The zero-order valence-electron chi connectivity index (χ0n) is 17.1. The van der Waals surface area contributed by atoms with Crippen molar-refractivity contribution in [2.75, 3.05) is 13.1 Å². The molecular weight excluding hydrogens is 505 g/mol. The Labute approximate surface area is 193 Å². The average molecular weight is 523 g/mol. The van der Waals surface area contributed by atoms with Crippen LogP contribution in [-0.4, -0.2) is 37.4 Å². The summed E-state index contributed by atoms with van der Waals surface area (Å²) in [6.07, 6.45) is 0.145. The standard InChI is InChI=1S/C21H18BrF3N6O2/c22-14-7-17-16(8-15(14)23)30(21(32)31(17)13-3-5-26-6-4-13)10-12-2-1-11(9-27-12)19-28-29-20(33-19)18(24)25/h1-2,7-9,13,18,26H,3-6,10H2. The Hall–Kier alpha value is -2.99. The van der Waals surface area contributed by atoms with Gasteiger partial charge in [0.25, 0.3) is 5.89 Å². The van der Waals surface area contributed by atoms with E-state index < -0.39 is 18.1 Å². The minimum absolute atomic E-state index is 0.0109. The van der Waals surface area contributed by atoms with Gasteiger partial charge >= 0.3 is 12.1 Å². The smallest absolute Gasteiger partial charge is 0.329 e. The summed E-state index contributed by atoms with van der Waals surface area (Å²) in [7, 11) is 0. The number of piperidine rings is 1. The minimum Gasteiger partial charge on any atom is -0.415 e. The number of aromatic nitrogens is 5. The van der Waals surface area contributed by atoms with Gasteiger partial charge in [-0.25, -0.2) is 9.18 Å². The molecule has 33 heavy (non-hydrogen) atoms. The largest absolute Gasteiger partial charge is 0.415 e. The van der Waals surface area contributed by atoms with Crippen molar-refractivity contribution in [2.45, 2.75) is 31.9 Å². The molecule has 0 bridgehead atoms. The predicted molar refractivity (Wildman–Crippen MR) is 117 cm³/mol. The van der Waals surface area contributed by atoms with Gasteiger partial charge in [-0.1, -0.05) is 0 Å². The van der Waals surface area contributed by atoms with Crippen molar-refractivity contribution in [3.05, 3.63) is 62.8 Å². The number of hydrogen-bond donors (Lipinski definition) is 1. The summed E-state index contributed by atoms with van der Waals surface area (Å²) in [5.41, 5.74) is 1.80. The van der Waals surface area contributed by atoms with Gasteiger partial charge in [0.1, 0.15) is 5.82 Å². The molecule has 0 atom stereocenters. The van der Waals surface area contributed by atoms with Gasteiger partial charge in [-0.15, -0.1) is 10.2 Å². The quantitative estimate of drug-likeness (QED) is 0.425. The molecule has 0 unspecified atom stereocenters. The van der Waals surface area contributed by atoms with E-state index in [0.717, 1.165) is 25.9 Å². The zero-order chi connectivity index (χ0) is 23.1. The van der Waals surface area contributed by atoms with Gasteiger partial charge in [0.15, 0.2) is 0 Å². The summed E-state index contributed by atoms with van der Waals surface area (Å²) >= 11 is 3.22. The van der Waals surface area contributed by atoms with Crippen LogP contribution in [0.4, 0.5) is 13.2 Å². The molecule has 1 aliphatic rings. The van der Waals surface area contributed by atoms with Gasteiger partial charge in [-0.3, -0.25) is 14.1 Å². The monoisotopic (exact) mass is 522 g/mol. The first-order valence-electron chi connectivity index (χ1n) is 10.3. The van der Waals surface area contributed by atoms with E-state index in [4.69, 9.17) is 4.42 Å². The molecule has 1 fully saturated rings. The molecule has 1 N–H and O–H groups in total. The van der Waals surface area contributed by atoms with Crippen LogP contribution in [0.25, 0.3) is 22.5 Å². The molecule has 5 rings (SSSR count). The first-order valence-corrected chi connectivity index (χ1v) is 11.1. The number of halogens is 4. The summed E-state index contributed by atoms with van der Waals surface area (Å²) in [5, 5.41) is 10.2. The van der Waals surface area contributed by atoms with Crippen molar-refractivity contribution in [2.24, 2.45) is 0 Å². The maximum absolute atomic E-state index is 14.4. The van der Waals surface area contributed by atoms with Crippen LogP contribution in [0, 0.1) is 5.82 Å². The Kier molecular flexibility index (Phi) is 5.79. The number of benzene rings is 1. The van der Waals surface area contributed by atoms with Gasteiger partial charge in [-0.05, 0) is 60.1 Å². The lowest BCUT2D eigenvalue weighted by Crippen LogP contribution is -2.35. The highest BCUT2D eigenvalue weighted by Crippen LogP contribution is 2.28. The predicted octanol–water partition coefficient (Wildman–Crippen LogP) is 4.06. The lowest BCUT2D eigenvalue weighted by atomic mass is 10.1. The number of fused-ring (bicyclic) bond motifs is 1. The van der Waals surface area contributed by atoms with Crippen LogP contribution in [0.1, 0.15) is 36.9 Å². The van der Waals surface area contributed by atoms with Gasteiger partial charge in [0, 0.05) is 18.3 Å². The van der Waals surface area contributed by atoms with Gasteiger partial charge < -0.3 is 9.73 Å². The van der Waals surface area contributed by atoms with Crippen LogP contribution in [0.3, 0.4) is 0 Å². The van der Waals surface area contributed by atoms with Crippen molar-refractivity contribution in [3.8, 4) is 11.5 Å². The zero-order valence-corrected chi connectivity index (χ0v) is 18.7. The minimum atomic E-state index is -2.86. The number of nitrogens with one attached hydrogen (secondary N) is 1. The van der Waals surface area contributed by atoms with Gasteiger partial charge in [0.05, 0.1) is 33.3 Å². The summed E-state index contributed by atoms with van der Waals surface area (Å²) in [4.78, 5) is 17.7. The second-order valence-corrected chi connectivity index (χ2v) is 8.61. The second-order valence-electron chi connectivity index (χ2n) is 7.76. The Morgan fingerprint density at radius 2 is 1.97 bits per heavy atom. The molecule has 0 aliphatic carbocycles. The molecule has 4 heterocycles. The van der Waals surface area contributed by atoms with E-state index in [0.29, 0.717) is 26.8 Å². The van der Waals surface area contributed by atoms with Gasteiger partial charge in [-0.2, -0.15) is 8.78 Å². The number of alkyl halides is 2. The van der Waals surface area contributed by atoms with E-state index in [-0.39, 0.29) is 24.2 Å². The second kappa shape index (κ2) is 8.75. The molecular formula is C21H18BrF3N6O2. The molecule has 12 heteroatoms. The van der Waals surface area contributed by atoms with Crippen LogP contribution < -0.4 is 11.0 Å². The summed E-state index contributed by atoms with van der Waals surface area (Å²) in [6.45, 7) is 1.72. The van der Waals surface area contributed by atoms with Crippen LogP contribution in [-0.2, 0) is 6.54 Å². The number of imidazole rings is 1.